The molecule has 0 atom stereocenters. The van der Waals surface area contributed by atoms with E-state index in [1.54, 1.807) is 31.3 Å². The monoisotopic (exact) mass is 262 g/mol. The van der Waals surface area contributed by atoms with E-state index >= 15 is 0 Å². The van der Waals surface area contributed by atoms with Gasteiger partial charge in [-0.2, -0.15) is 0 Å². The lowest BCUT2D eigenvalue weighted by molar-refractivity contribution is 0.218. The molecule has 1 aromatic rings. The lowest BCUT2D eigenvalue weighted by atomic mass is 10.4. The summed E-state index contributed by atoms with van der Waals surface area (Å²) < 4.78 is 5.89. The van der Waals surface area contributed by atoms with Crippen LogP contribution in [0.15, 0.2) is 21.8 Å². The Morgan fingerprint density at radius 2 is 2.38 bits per heavy atom. The van der Waals surface area contributed by atoms with E-state index < -0.39 is 0 Å². The van der Waals surface area contributed by atoms with Gasteiger partial charge < -0.3 is 10.5 Å². The Kier molecular flexibility index (Phi) is 4.55. The third-order valence-corrected chi connectivity index (χ3v) is 3.39. The second-order valence-corrected chi connectivity index (χ2v) is 4.34. The summed E-state index contributed by atoms with van der Waals surface area (Å²) in [4.78, 5) is 4.99. The van der Waals surface area contributed by atoms with Crippen LogP contribution in [0, 0.1) is 0 Å². The minimum Gasteiger partial charge on any atom is -0.397 e. The number of hydrogen-bond acceptors (Lipinski definition) is 4. The van der Waals surface area contributed by atoms with Gasteiger partial charge in [0.25, 0.3) is 0 Å². The molecule has 13 heavy (non-hydrogen) atoms. The number of nitrogen functional groups attached to an aromatic ring is 1. The van der Waals surface area contributed by atoms with Gasteiger partial charge in [-0.25, -0.2) is 0 Å². The van der Waals surface area contributed by atoms with Crippen molar-refractivity contribution >= 4 is 33.4 Å². The van der Waals surface area contributed by atoms with Gasteiger partial charge in [0.05, 0.1) is 23.0 Å². The Balaban J connectivity index is 2.64. The van der Waals surface area contributed by atoms with Gasteiger partial charge in [0.2, 0.25) is 0 Å². The summed E-state index contributed by atoms with van der Waals surface area (Å²) in [5, 5.41) is 0. The van der Waals surface area contributed by atoms with Crippen molar-refractivity contribution in [2.45, 2.75) is 4.90 Å². The molecule has 3 nitrogen and oxygen atoms in total. The molecule has 1 aromatic heterocycles. The fraction of sp³-hybridized carbons (Fsp3) is 0.375. The van der Waals surface area contributed by atoms with Crippen LogP contribution in [0.25, 0.3) is 0 Å². The Labute approximate surface area is 90.2 Å². The molecule has 1 heterocycles. The Hall–Kier alpha value is -0.260. The first-order valence-electron chi connectivity index (χ1n) is 3.76. The SMILES string of the molecule is COCCSc1c(N)cncc1Br. The predicted molar refractivity (Wildman–Crippen MR) is 58.9 cm³/mol. The first kappa shape index (κ1) is 10.8. The number of methoxy groups -OCH3 is 1. The highest BCUT2D eigenvalue weighted by Gasteiger charge is 2.04. The average molecular weight is 263 g/mol. The maximum Gasteiger partial charge on any atom is 0.0650 e. The van der Waals surface area contributed by atoms with E-state index in [0.29, 0.717) is 5.69 Å². The highest BCUT2D eigenvalue weighted by molar-refractivity contribution is 9.10. The third-order valence-electron chi connectivity index (χ3n) is 1.41. The quantitative estimate of drug-likeness (QED) is 0.668. The van der Waals surface area contributed by atoms with Crippen molar-refractivity contribution in [3.05, 3.63) is 16.9 Å². The molecule has 1 rings (SSSR count). The molecule has 0 spiro atoms. The average Bonchev–Trinajstić information content (AvgIpc) is 2.10. The first-order chi connectivity index (χ1) is 6.25. The normalized spacial score (nSPS) is 10.3. The van der Waals surface area contributed by atoms with Gasteiger partial charge in [-0.3, -0.25) is 4.98 Å². The summed E-state index contributed by atoms with van der Waals surface area (Å²) in [6, 6.07) is 0. The molecule has 0 unspecified atom stereocenters. The number of hydrogen-bond donors (Lipinski definition) is 1. The predicted octanol–water partition coefficient (Wildman–Crippen LogP) is 2.16. The van der Waals surface area contributed by atoms with Crippen LogP contribution in [-0.2, 0) is 4.74 Å². The number of anilines is 1. The van der Waals surface area contributed by atoms with E-state index in [0.717, 1.165) is 21.7 Å². The molecule has 0 aromatic carbocycles. The van der Waals surface area contributed by atoms with Crippen molar-refractivity contribution in [2.75, 3.05) is 25.2 Å². The molecule has 0 fully saturated rings. The lowest BCUT2D eigenvalue weighted by Crippen LogP contribution is -1.95. The van der Waals surface area contributed by atoms with Crippen molar-refractivity contribution < 1.29 is 4.74 Å². The summed E-state index contributed by atoms with van der Waals surface area (Å²) in [5.74, 6) is 0.892. The zero-order valence-electron chi connectivity index (χ0n) is 7.29. The van der Waals surface area contributed by atoms with E-state index in [1.807, 2.05) is 0 Å². The van der Waals surface area contributed by atoms with Crippen LogP contribution in [0.5, 0.6) is 0 Å². The van der Waals surface area contributed by atoms with Crippen molar-refractivity contribution in [2.24, 2.45) is 0 Å². The summed E-state index contributed by atoms with van der Waals surface area (Å²) in [7, 11) is 1.69. The summed E-state index contributed by atoms with van der Waals surface area (Å²) in [6.45, 7) is 0.721. The van der Waals surface area contributed by atoms with Crippen LogP contribution in [0.1, 0.15) is 0 Å². The summed E-state index contributed by atoms with van der Waals surface area (Å²) >= 11 is 5.06. The molecule has 0 aliphatic heterocycles. The van der Waals surface area contributed by atoms with Gasteiger partial charge in [0.15, 0.2) is 0 Å². The lowest BCUT2D eigenvalue weighted by Gasteiger charge is -2.05. The van der Waals surface area contributed by atoms with Crippen LogP contribution >= 0.6 is 27.7 Å². The first-order valence-corrected chi connectivity index (χ1v) is 5.54. The van der Waals surface area contributed by atoms with Crippen LogP contribution in [0.2, 0.25) is 0 Å². The number of ether oxygens (including phenoxy) is 1. The highest BCUT2D eigenvalue weighted by atomic mass is 79.9. The Morgan fingerprint density at radius 3 is 3.00 bits per heavy atom. The van der Waals surface area contributed by atoms with E-state index in [-0.39, 0.29) is 0 Å². The maximum absolute atomic E-state index is 5.75. The van der Waals surface area contributed by atoms with Crippen molar-refractivity contribution in [1.29, 1.82) is 0 Å². The van der Waals surface area contributed by atoms with Crippen LogP contribution in [0.3, 0.4) is 0 Å². The maximum atomic E-state index is 5.75. The molecule has 72 valence electrons. The zero-order valence-corrected chi connectivity index (χ0v) is 9.69. The number of nitrogens with two attached hydrogens (primary N) is 1. The van der Waals surface area contributed by atoms with Crippen molar-refractivity contribution in [1.82, 2.24) is 4.98 Å². The Morgan fingerprint density at radius 1 is 1.62 bits per heavy atom. The highest BCUT2D eigenvalue weighted by Crippen LogP contribution is 2.31. The number of nitrogens with zero attached hydrogens (tertiary/aromatic N) is 1. The van der Waals surface area contributed by atoms with E-state index in [4.69, 9.17) is 10.5 Å². The molecule has 0 saturated heterocycles. The molecule has 0 radical (unpaired) electrons. The molecule has 2 N–H and O–H groups in total. The second-order valence-electron chi connectivity index (χ2n) is 2.38. The number of aromatic nitrogens is 1. The largest absolute Gasteiger partial charge is 0.397 e. The molecule has 0 saturated carbocycles. The minimum atomic E-state index is 0.704. The topological polar surface area (TPSA) is 48.1 Å². The van der Waals surface area contributed by atoms with E-state index in [1.165, 1.54) is 0 Å². The molecule has 0 bridgehead atoms. The molecule has 0 amide bonds. The smallest absolute Gasteiger partial charge is 0.0650 e. The minimum absolute atomic E-state index is 0.704. The number of rotatable bonds is 4. The molecular formula is C8H11BrN2OS. The fourth-order valence-corrected chi connectivity index (χ4v) is 2.37. The molecular weight excluding hydrogens is 252 g/mol. The van der Waals surface area contributed by atoms with Gasteiger partial charge in [-0.1, -0.05) is 0 Å². The van der Waals surface area contributed by atoms with Gasteiger partial charge >= 0.3 is 0 Å². The van der Waals surface area contributed by atoms with Crippen LogP contribution < -0.4 is 5.73 Å². The third kappa shape index (κ3) is 3.17. The fourth-order valence-electron chi connectivity index (χ4n) is 0.817. The molecule has 5 heteroatoms. The van der Waals surface area contributed by atoms with Crippen LogP contribution in [0.4, 0.5) is 5.69 Å². The standard InChI is InChI=1S/C8H11BrN2OS/c1-12-2-3-13-8-6(9)4-11-5-7(8)10/h4-5H,2-3,10H2,1H3. The van der Waals surface area contributed by atoms with Gasteiger partial charge in [0.1, 0.15) is 0 Å². The number of thioether (sulfide) groups is 1. The summed E-state index contributed by atoms with van der Waals surface area (Å²) in [6.07, 6.45) is 3.39. The number of halogens is 1. The second kappa shape index (κ2) is 5.47. The molecule has 0 aliphatic carbocycles. The van der Waals surface area contributed by atoms with Crippen molar-refractivity contribution in [3.63, 3.8) is 0 Å². The van der Waals surface area contributed by atoms with Gasteiger partial charge in [-0.05, 0) is 15.9 Å². The van der Waals surface area contributed by atoms with E-state index in [2.05, 4.69) is 20.9 Å². The van der Waals surface area contributed by atoms with Gasteiger partial charge in [0, 0.05) is 24.0 Å². The summed E-state index contributed by atoms with van der Waals surface area (Å²) in [5.41, 5.74) is 6.45. The molecule has 0 aliphatic rings. The number of pyridine rings is 1. The zero-order chi connectivity index (χ0) is 9.68. The Bertz CT molecular complexity index is 263. The van der Waals surface area contributed by atoms with Gasteiger partial charge in [-0.15, -0.1) is 11.8 Å². The van der Waals surface area contributed by atoms with Crippen molar-refractivity contribution in [3.8, 4) is 0 Å². The van der Waals surface area contributed by atoms with Crippen LogP contribution in [-0.4, -0.2) is 24.5 Å². The van der Waals surface area contributed by atoms with E-state index in [9.17, 15) is 0 Å².